The second-order valence-electron chi connectivity index (χ2n) is 6.35. The lowest BCUT2D eigenvalue weighted by Crippen LogP contribution is -2.33. The maximum Gasteiger partial charge on any atom is 0.182 e. The van der Waals surface area contributed by atoms with Crippen LogP contribution < -0.4 is 5.73 Å². The van der Waals surface area contributed by atoms with Gasteiger partial charge in [-0.3, -0.25) is 0 Å². The minimum Gasteiger partial charge on any atom is -0.393 e. The molecular formula is C19H20FNO3S2. The molecule has 0 aromatic heterocycles. The van der Waals surface area contributed by atoms with Crippen molar-refractivity contribution in [1.29, 1.82) is 0 Å². The van der Waals surface area contributed by atoms with Gasteiger partial charge in [-0.1, -0.05) is 42.5 Å². The van der Waals surface area contributed by atoms with Crippen molar-refractivity contribution in [1.82, 2.24) is 0 Å². The lowest BCUT2D eigenvalue weighted by Gasteiger charge is -2.17. The molecule has 2 aromatic carbocycles. The molecule has 26 heavy (non-hydrogen) atoms. The molecular weight excluding hydrogens is 373 g/mol. The molecule has 0 saturated heterocycles. The average Bonchev–Trinajstić information content (AvgIpc) is 3.33. The highest BCUT2D eigenvalue weighted by Gasteiger charge is 2.73. The summed E-state index contributed by atoms with van der Waals surface area (Å²) in [5.74, 6) is -0.861. The zero-order valence-corrected chi connectivity index (χ0v) is 15.9. The number of nitrogens with two attached hydrogens (primary N) is 1. The minimum atomic E-state index is -3.70. The predicted molar refractivity (Wildman–Crippen MR) is 102 cm³/mol. The third-order valence-electron chi connectivity index (χ3n) is 4.90. The number of halogens is 1. The lowest BCUT2D eigenvalue weighted by atomic mass is 10.00. The molecule has 0 bridgehead atoms. The standard InChI is InChI=1S/C19H20FNO3S2/c1-2-24-12-19(18(21)25)16(13-8-10-14(20)11-9-13)17(19)26(22,23)15-6-4-3-5-7-15/h3-11,16-17H,2,12H2,1H3,(H2,21,25)/t16-,17-,19+/m1/s1. The molecule has 3 atom stereocenters. The van der Waals surface area contributed by atoms with Crippen LogP contribution in [-0.4, -0.2) is 31.9 Å². The van der Waals surface area contributed by atoms with Crippen molar-refractivity contribution >= 4 is 27.0 Å². The number of thiocarbonyl (C=S) groups is 1. The number of ether oxygens (including phenoxy) is 1. The van der Waals surface area contributed by atoms with E-state index in [1.54, 1.807) is 42.5 Å². The highest BCUT2D eigenvalue weighted by molar-refractivity contribution is 7.92. The Hall–Kier alpha value is -1.83. The quantitative estimate of drug-likeness (QED) is 0.732. The molecule has 138 valence electrons. The molecule has 0 aliphatic heterocycles. The Bertz CT molecular complexity index is 900. The number of hydrogen-bond donors (Lipinski definition) is 1. The van der Waals surface area contributed by atoms with Crippen molar-refractivity contribution in [3.8, 4) is 0 Å². The van der Waals surface area contributed by atoms with E-state index in [1.165, 1.54) is 12.1 Å². The molecule has 4 nitrogen and oxygen atoms in total. The summed E-state index contributed by atoms with van der Waals surface area (Å²) >= 11 is 5.27. The molecule has 0 radical (unpaired) electrons. The summed E-state index contributed by atoms with van der Waals surface area (Å²) in [7, 11) is -3.70. The first-order valence-electron chi connectivity index (χ1n) is 8.27. The molecule has 1 aliphatic rings. The summed E-state index contributed by atoms with van der Waals surface area (Å²) < 4.78 is 45.4. The van der Waals surface area contributed by atoms with Gasteiger partial charge in [0.1, 0.15) is 5.82 Å². The summed E-state index contributed by atoms with van der Waals surface area (Å²) in [6, 6.07) is 14.0. The zero-order chi connectivity index (χ0) is 18.9. The molecule has 0 unspecified atom stereocenters. The number of benzene rings is 2. The number of sulfone groups is 1. The minimum absolute atomic E-state index is 0.102. The Labute approximate surface area is 158 Å². The van der Waals surface area contributed by atoms with Crippen LogP contribution in [-0.2, 0) is 14.6 Å². The van der Waals surface area contributed by atoms with Crippen LogP contribution in [0.25, 0.3) is 0 Å². The molecule has 1 aliphatic carbocycles. The van der Waals surface area contributed by atoms with Gasteiger partial charge in [0.2, 0.25) is 0 Å². The second-order valence-corrected chi connectivity index (χ2v) is 8.86. The van der Waals surface area contributed by atoms with Crippen LogP contribution in [0.3, 0.4) is 0 Å². The SMILES string of the molecule is CCOC[C@]1(C(N)=S)[C@H](c2ccc(F)cc2)[C@H]1S(=O)(=O)c1ccccc1. The molecule has 3 rings (SSSR count). The highest BCUT2D eigenvalue weighted by Crippen LogP contribution is 2.64. The van der Waals surface area contributed by atoms with E-state index in [0.29, 0.717) is 12.2 Å². The van der Waals surface area contributed by atoms with Crippen molar-refractivity contribution in [3.63, 3.8) is 0 Å². The third-order valence-corrected chi connectivity index (χ3v) is 7.57. The number of rotatable bonds is 7. The second kappa shape index (κ2) is 7.06. The monoisotopic (exact) mass is 393 g/mol. The van der Waals surface area contributed by atoms with Gasteiger partial charge in [0, 0.05) is 12.5 Å². The van der Waals surface area contributed by atoms with E-state index < -0.39 is 26.4 Å². The van der Waals surface area contributed by atoms with Gasteiger partial charge in [0.25, 0.3) is 0 Å². The Morgan fingerprint density at radius 3 is 2.35 bits per heavy atom. The van der Waals surface area contributed by atoms with Gasteiger partial charge in [-0.2, -0.15) is 0 Å². The summed E-state index contributed by atoms with van der Waals surface area (Å²) in [6.07, 6.45) is 0. The number of hydrogen-bond acceptors (Lipinski definition) is 4. The zero-order valence-electron chi connectivity index (χ0n) is 14.3. The van der Waals surface area contributed by atoms with Gasteiger partial charge in [-0.05, 0) is 36.8 Å². The van der Waals surface area contributed by atoms with Crippen LogP contribution in [0.1, 0.15) is 18.4 Å². The first-order chi connectivity index (χ1) is 12.4. The van der Waals surface area contributed by atoms with Gasteiger partial charge in [-0.25, -0.2) is 12.8 Å². The van der Waals surface area contributed by atoms with Crippen LogP contribution in [0.2, 0.25) is 0 Å². The largest absolute Gasteiger partial charge is 0.393 e. The smallest absolute Gasteiger partial charge is 0.182 e. The van der Waals surface area contributed by atoms with E-state index in [2.05, 4.69) is 0 Å². The summed E-state index contributed by atoms with van der Waals surface area (Å²) in [6.45, 7) is 2.35. The van der Waals surface area contributed by atoms with Gasteiger partial charge in [-0.15, -0.1) is 0 Å². The van der Waals surface area contributed by atoms with E-state index in [4.69, 9.17) is 22.7 Å². The molecule has 0 spiro atoms. The normalized spacial score (nSPS) is 25.0. The van der Waals surface area contributed by atoms with Crippen LogP contribution in [0.5, 0.6) is 0 Å². The third kappa shape index (κ3) is 3.04. The molecule has 2 aromatic rings. The Morgan fingerprint density at radius 2 is 1.81 bits per heavy atom. The Kier molecular flexibility index (Phi) is 5.14. The van der Waals surface area contributed by atoms with Crippen molar-refractivity contribution in [2.24, 2.45) is 11.1 Å². The topological polar surface area (TPSA) is 69.4 Å². The maximum absolute atomic E-state index is 13.3. The molecule has 2 N–H and O–H groups in total. The van der Waals surface area contributed by atoms with Crippen LogP contribution in [0.15, 0.2) is 59.5 Å². The Balaban J connectivity index is 2.10. The molecule has 7 heteroatoms. The van der Waals surface area contributed by atoms with Crippen LogP contribution in [0, 0.1) is 11.2 Å². The Morgan fingerprint density at radius 1 is 1.19 bits per heavy atom. The molecule has 1 saturated carbocycles. The fourth-order valence-electron chi connectivity index (χ4n) is 3.57. The summed E-state index contributed by atoms with van der Waals surface area (Å²) in [4.78, 5) is 0.316. The van der Waals surface area contributed by atoms with Gasteiger partial charge >= 0.3 is 0 Å². The summed E-state index contributed by atoms with van der Waals surface area (Å²) in [5, 5.41) is -0.841. The van der Waals surface area contributed by atoms with Crippen molar-refractivity contribution in [2.75, 3.05) is 13.2 Å². The maximum atomic E-state index is 13.3. The van der Waals surface area contributed by atoms with Crippen LogP contribution >= 0.6 is 12.2 Å². The van der Waals surface area contributed by atoms with Crippen LogP contribution in [0.4, 0.5) is 4.39 Å². The fourth-order valence-corrected chi connectivity index (χ4v) is 6.36. The molecule has 0 amide bonds. The van der Waals surface area contributed by atoms with Crippen molar-refractivity contribution in [3.05, 3.63) is 66.0 Å². The lowest BCUT2D eigenvalue weighted by molar-refractivity contribution is 0.121. The van der Waals surface area contributed by atoms with Gasteiger partial charge < -0.3 is 10.5 Å². The first kappa shape index (κ1) is 18.9. The fraction of sp³-hybridized carbons (Fsp3) is 0.316. The molecule has 1 fully saturated rings. The van der Waals surface area contributed by atoms with Crippen molar-refractivity contribution < 1.29 is 17.5 Å². The predicted octanol–water partition coefficient (Wildman–Crippen LogP) is 3.07. The van der Waals surface area contributed by atoms with Gasteiger partial charge in [0.05, 0.1) is 27.2 Å². The first-order valence-corrected chi connectivity index (χ1v) is 10.2. The van der Waals surface area contributed by atoms with E-state index in [1.807, 2.05) is 6.92 Å². The highest BCUT2D eigenvalue weighted by atomic mass is 32.2. The average molecular weight is 394 g/mol. The van der Waals surface area contributed by atoms with Crippen molar-refractivity contribution in [2.45, 2.75) is 23.0 Å². The van der Waals surface area contributed by atoms with Gasteiger partial charge in [0.15, 0.2) is 9.84 Å². The van der Waals surface area contributed by atoms with E-state index in [0.717, 1.165) is 0 Å². The van der Waals surface area contributed by atoms with E-state index in [9.17, 15) is 12.8 Å². The summed E-state index contributed by atoms with van der Waals surface area (Å²) in [5.41, 5.74) is 5.69. The van der Waals surface area contributed by atoms with E-state index in [-0.39, 0.29) is 22.3 Å². The van der Waals surface area contributed by atoms with E-state index >= 15 is 0 Å². The molecule has 0 heterocycles.